The Hall–Kier alpha value is -2.84. The van der Waals surface area contributed by atoms with Gasteiger partial charge < -0.3 is 24.2 Å². The van der Waals surface area contributed by atoms with E-state index in [1.54, 1.807) is 24.3 Å². The maximum Gasteiger partial charge on any atom is 2.00 e. The Bertz CT molecular complexity index is 1770. The van der Waals surface area contributed by atoms with E-state index in [0.717, 1.165) is 37.3 Å². The molecule has 4 aromatic rings. The molecule has 4 rings (SSSR count). The zero-order valence-electron chi connectivity index (χ0n) is 32.1. The number of rotatable bonds is 22. The van der Waals surface area contributed by atoms with Gasteiger partial charge in [0.15, 0.2) is 11.5 Å². The first kappa shape index (κ1) is 48.3. The fourth-order valence-corrected chi connectivity index (χ4v) is 7.11. The van der Waals surface area contributed by atoms with Crippen LogP contribution in [0.1, 0.15) is 115 Å². The first-order chi connectivity index (χ1) is 25.8. The van der Waals surface area contributed by atoms with Crippen molar-refractivity contribution in [3.8, 4) is 34.5 Å². The fourth-order valence-electron chi connectivity index (χ4n) is 5.86. The largest absolute Gasteiger partial charge is 2.00 e. The van der Waals surface area contributed by atoms with Crippen LogP contribution in [-0.2, 0) is 33.1 Å². The summed E-state index contributed by atoms with van der Waals surface area (Å²) < 4.78 is 77.0. The van der Waals surface area contributed by atoms with Crippen molar-refractivity contribution in [1.82, 2.24) is 0 Å². The number of hydrogen-bond acceptors (Lipinski definition) is 9. The van der Waals surface area contributed by atoms with E-state index in [4.69, 9.17) is 9.47 Å². The zero-order chi connectivity index (χ0) is 39.4. The summed E-state index contributed by atoms with van der Waals surface area (Å²) in [6, 6.07) is 21.8. The van der Waals surface area contributed by atoms with E-state index >= 15 is 0 Å². The monoisotopic (exact) mass is 822 g/mol. The molecule has 0 aliphatic rings. The first-order valence-electron chi connectivity index (χ1n) is 18.9. The maximum absolute atomic E-state index is 11.9. The minimum Gasteiger partial charge on any atom is -0.870 e. The van der Waals surface area contributed by atoms with Gasteiger partial charge in [-0.3, -0.25) is 4.55 Å². The summed E-state index contributed by atoms with van der Waals surface area (Å²) in [6.45, 7) is 4.43. The van der Waals surface area contributed by atoms with Crippen molar-refractivity contribution < 1.29 is 45.6 Å². The first-order valence-corrected chi connectivity index (χ1v) is 21.8. The van der Waals surface area contributed by atoms with E-state index in [2.05, 4.69) is 13.8 Å². The molecule has 0 aliphatic heterocycles. The number of benzene rings is 4. The van der Waals surface area contributed by atoms with Crippen LogP contribution in [-0.4, -0.2) is 68.8 Å². The molecule has 13 heteroatoms. The normalized spacial score (nSPS) is 11.3. The number of hydrogen-bond donors (Lipinski definition) is 2. The van der Waals surface area contributed by atoms with Gasteiger partial charge >= 0.3 is 37.7 Å². The number of aromatic hydroxyl groups is 1. The summed E-state index contributed by atoms with van der Waals surface area (Å²) in [4.78, 5) is -1.10. The number of unbranched alkanes of at least 4 members (excludes halogenated alkanes) is 12. The van der Waals surface area contributed by atoms with Gasteiger partial charge in [0.2, 0.25) is 0 Å². The van der Waals surface area contributed by atoms with E-state index < -0.39 is 41.5 Å². The van der Waals surface area contributed by atoms with Gasteiger partial charge in [-0.25, -0.2) is 8.42 Å². The van der Waals surface area contributed by atoms with E-state index in [-0.39, 0.29) is 49.2 Å². The smallest absolute Gasteiger partial charge is 0.870 e. The van der Waals surface area contributed by atoms with Crippen molar-refractivity contribution in [2.24, 2.45) is 0 Å². The van der Waals surface area contributed by atoms with Crippen molar-refractivity contribution in [2.75, 3.05) is 0 Å². The molecule has 0 spiro atoms. The molecule has 0 aromatic heterocycles. The van der Waals surface area contributed by atoms with E-state index in [9.17, 15) is 36.2 Å². The number of aryl methyl sites for hydroxylation is 2. The van der Waals surface area contributed by atoms with Crippen LogP contribution in [0.3, 0.4) is 0 Å². The minimum atomic E-state index is -4.78. The van der Waals surface area contributed by atoms with Gasteiger partial charge in [-0.1, -0.05) is 139 Å². The van der Waals surface area contributed by atoms with Gasteiger partial charge in [-0.15, -0.1) is 0 Å². The predicted octanol–water partition coefficient (Wildman–Crippen LogP) is 10.1. The molecule has 0 aliphatic carbocycles. The molecule has 55 heavy (non-hydrogen) atoms. The third-order valence-corrected chi connectivity index (χ3v) is 10.6. The zero-order valence-corrected chi connectivity index (χ0v) is 35.9. The fraction of sp³-hybridized carbons (Fsp3) is 0.429. The van der Waals surface area contributed by atoms with Gasteiger partial charge in [0.1, 0.15) is 32.3 Å². The van der Waals surface area contributed by atoms with Crippen LogP contribution in [0.4, 0.5) is 0 Å². The van der Waals surface area contributed by atoms with Crippen molar-refractivity contribution >= 4 is 58.0 Å². The average Bonchev–Trinajstić information content (AvgIpc) is 3.13. The molecule has 4 aromatic carbocycles. The number of phenols is 1. The summed E-state index contributed by atoms with van der Waals surface area (Å²) in [6.07, 6.45) is 19.5. The molecule has 0 saturated heterocycles. The van der Waals surface area contributed by atoms with Gasteiger partial charge in [0.25, 0.3) is 10.1 Å². The molecular weight excluding hydrogens is 769 g/mol. The molecule has 0 fully saturated rings. The van der Waals surface area contributed by atoms with Gasteiger partial charge in [0.05, 0.1) is 4.90 Å². The molecule has 0 unspecified atom stereocenters. The van der Waals surface area contributed by atoms with Crippen LogP contribution in [0.15, 0.2) is 94.7 Å². The Kier molecular flexibility index (Phi) is 22.3. The minimum absolute atomic E-state index is 0. The number of ether oxygens (including phenoxy) is 2. The molecular formula is C42H54CaO10S2. The summed E-state index contributed by atoms with van der Waals surface area (Å²) in [7, 11) is -9.28. The molecule has 0 atom stereocenters. The Morgan fingerprint density at radius 2 is 0.945 bits per heavy atom. The van der Waals surface area contributed by atoms with Crippen molar-refractivity contribution in [1.29, 1.82) is 0 Å². The standard InChI is InChI=1S/2C21H28O5S.Ca/c2*1-2-3-4-5-6-7-8-10-17-13-15-18(16-14-17)26-21-19(22)11-9-12-20(21)27(23,24)25;/h2*9,11-16,22H,2-8,10H2,1H3,(H,23,24,25);/q;;+2/p-2. The number of para-hydroxylation sites is 2. The maximum atomic E-state index is 11.9. The second-order valence-corrected chi connectivity index (χ2v) is 16.1. The summed E-state index contributed by atoms with van der Waals surface area (Å²) >= 11 is 0. The molecule has 0 radical (unpaired) electrons. The Morgan fingerprint density at radius 1 is 0.545 bits per heavy atom. The van der Waals surface area contributed by atoms with Crippen molar-refractivity contribution in [2.45, 2.75) is 126 Å². The van der Waals surface area contributed by atoms with Crippen molar-refractivity contribution in [3.63, 3.8) is 0 Å². The van der Waals surface area contributed by atoms with Crippen LogP contribution in [0.25, 0.3) is 0 Å². The van der Waals surface area contributed by atoms with Gasteiger partial charge in [-0.05, 0) is 79.3 Å². The summed E-state index contributed by atoms with van der Waals surface area (Å²) in [5.74, 6) is -1.00. The molecule has 0 saturated carbocycles. The molecule has 2 N–H and O–H groups in total. The third-order valence-electron chi connectivity index (χ3n) is 8.87. The Balaban J connectivity index is 0.000000373. The quantitative estimate of drug-likeness (QED) is 0.0441. The van der Waals surface area contributed by atoms with Crippen LogP contribution in [0.5, 0.6) is 34.5 Å². The van der Waals surface area contributed by atoms with Crippen LogP contribution < -0.4 is 14.6 Å². The van der Waals surface area contributed by atoms with Crippen LogP contribution in [0, 0.1) is 0 Å². The average molecular weight is 823 g/mol. The van der Waals surface area contributed by atoms with Gasteiger partial charge in [-0.2, -0.15) is 8.42 Å². The third kappa shape index (κ3) is 17.9. The summed E-state index contributed by atoms with van der Waals surface area (Å²) in [5.41, 5.74) is 2.34. The van der Waals surface area contributed by atoms with Gasteiger partial charge in [0, 0.05) is 0 Å². The Labute approximate surface area is 357 Å². The number of phenolic OH excluding ortho intramolecular Hbond substituents is 1. The van der Waals surface area contributed by atoms with E-state index in [1.165, 1.54) is 113 Å². The second-order valence-electron chi connectivity index (χ2n) is 13.4. The summed E-state index contributed by atoms with van der Waals surface area (Å²) in [5, 5.41) is 21.8. The van der Waals surface area contributed by atoms with Crippen molar-refractivity contribution in [3.05, 3.63) is 96.1 Å². The van der Waals surface area contributed by atoms with E-state index in [1.807, 2.05) is 24.3 Å². The van der Waals surface area contributed by atoms with Crippen LogP contribution in [0.2, 0.25) is 0 Å². The molecule has 0 bridgehead atoms. The van der Waals surface area contributed by atoms with E-state index in [0.29, 0.717) is 11.5 Å². The second kappa shape index (κ2) is 25.4. The molecule has 0 amide bonds. The van der Waals surface area contributed by atoms with Crippen LogP contribution >= 0.6 is 0 Å². The molecule has 0 heterocycles. The Morgan fingerprint density at radius 3 is 1.38 bits per heavy atom. The molecule has 296 valence electrons. The predicted molar refractivity (Wildman–Crippen MR) is 214 cm³/mol. The SMILES string of the molecule is CCCCCCCCCc1ccc(Oc2c(O)cccc2S(=O)(=O)O)cc1.CCCCCCCCCc1ccc(Oc2c([O-])cccc2S(=O)(=O)[O-])cc1.[Ca+2]. The topological polar surface area (TPSA) is 173 Å². The molecule has 10 nitrogen and oxygen atoms in total.